The quantitative estimate of drug-likeness (QED) is 0.387. The maximum absolute atomic E-state index is 12.9. The summed E-state index contributed by atoms with van der Waals surface area (Å²) in [6.45, 7) is 2.90. The number of nitrogens with one attached hydrogen (secondary N) is 1. The predicted molar refractivity (Wildman–Crippen MR) is 115 cm³/mol. The monoisotopic (exact) mass is 451 g/mol. The van der Waals surface area contributed by atoms with Crippen LogP contribution in [0.1, 0.15) is 30.1 Å². The summed E-state index contributed by atoms with van der Waals surface area (Å²) in [5.41, 5.74) is 0.348. The van der Waals surface area contributed by atoms with Gasteiger partial charge < -0.3 is 5.32 Å². The number of carbonyl (C=O) groups is 1. The molecule has 8 nitrogen and oxygen atoms in total. The van der Waals surface area contributed by atoms with Gasteiger partial charge in [0.05, 0.1) is 16.4 Å². The van der Waals surface area contributed by atoms with Gasteiger partial charge in [-0.1, -0.05) is 30.7 Å². The van der Waals surface area contributed by atoms with Gasteiger partial charge in [0.25, 0.3) is 5.69 Å². The van der Waals surface area contributed by atoms with E-state index in [-0.39, 0.29) is 33.5 Å². The van der Waals surface area contributed by atoms with Gasteiger partial charge in [0, 0.05) is 30.4 Å². The average molecular weight is 452 g/mol. The topological polar surface area (TPSA) is 110 Å². The summed E-state index contributed by atoms with van der Waals surface area (Å²) in [6, 6.07) is 10.1. The van der Waals surface area contributed by atoms with Crippen molar-refractivity contribution in [3.05, 3.63) is 63.2 Å². The van der Waals surface area contributed by atoms with E-state index in [0.717, 1.165) is 12.8 Å². The van der Waals surface area contributed by atoms with Crippen molar-refractivity contribution in [3.8, 4) is 0 Å². The summed E-state index contributed by atoms with van der Waals surface area (Å²) < 4.78 is 27.3. The average Bonchev–Trinajstić information content (AvgIpc) is 2.73. The first kappa shape index (κ1) is 22.2. The van der Waals surface area contributed by atoms with E-state index in [4.69, 9.17) is 11.6 Å². The molecular weight excluding hydrogens is 430 g/mol. The fraction of sp³-hybridized carbons (Fsp3) is 0.350. The van der Waals surface area contributed by atoms with Crippen molar-refractivity contribution in [3.63, 3.8) is 0 Å². The minimum atomic E-state index is -3.66. The number of nitrogens with zero attached hydrogens (tertiary/aromatic N) is 2. The molecule has 160 valence electrons. The number of nitro groups is 1. The number of Topliss-reactive ketones (excluding diaryl/α,β-unsaturated/α-hetero) is 1. The van der Waals surface area contributed by atoms with E-state index in [1.165, 1.54) is 34.6 Å². The smallest absolute Gasteiger partial charge is 0.289 e. The van der Waals surface area contributed by atoms with Crippen molar-refractivity contribution in [1.29, 1.82) is 0 Å². The zero-order chi connectivity index (χ0) is 21.9. The molecule has 1 N–H and O–H groups in total. The summed E-state index contributed by atoms with van der Waals surface area (Å²) >= 11 is 5.78. The molecular formula is C20H22ClN3O5S. The molecule has 1 heterocycles. The second-order valence-electron chi connectivity index (χ2n) is 7.31. The molecule has 30 heavy (non-hydrogen) atoms. The Morgan fingerprint density at radius 3 is 2.60 bits per heavy atom. The Hall–Kier alpha value is -2.49. The van der Waals surface area contributed by atoms with Crippen LogP contribution in [0.5, 0.6) is 0 Å². The predicted octanol–water partition coefficient (Wildman–Crippen LogP) is 3.96. The summed E-state index contributed by atoms with van der Waals surface area (Å²) in [5.74, 6) is 0.163. The molecule has 1 aliphatic rings. The number of anilines is 1. The molecule has 0 amide bonds. The number of benzene rings is 2. The van der Waals surface area contributed by atoms with Crippen molar-refractivity contribution < 1.29 is 18.1 Å². The number of halogens is 1. The van der Waals surface area contributed by atoms with Crippen LogP contribution in [0.15, 0.2) is 47.4 Å². The molecule has 0 unspecified atom stereocenters. The molecule has 1 fully saturated rings. The molecule has 0 aliphatic carbocycles. The highest BCUT2D eigenvalue weighted by atomic mass is 35.5. The van der Waals surface area contributed by atoms with Gasteiger partial charge in [-0.05, 0) is 43.0 Å². The molecule has 0 spiro atoms. The summed E-state index contributed by atoms with van der Waals surface area (Å²) in [5, 5.41) is 13.8. The van der Waals surface area contributed by atoms with E-state index in [2.05, 4.69) is 12.2 Å². The summed E-state index contributed by atoms with van der Waals surface area (Å²) in [4.78, 5) is 23.0. The first-order chi connectivity index (χ1) is 14.2. The van der Waals surface area contributed by atoms with Crippen molar-refractivity contribution in [2.45, 2.75) is 24.7 Å². The second-order valence-corrected chi connectivity index (χ2v) is 9.66. The van der Waals surface area contributed by atoms with Gasteiger partial charge >= 0.3 is 0 Å². The molecule has 0 radical (unpaired) electrons. The summed E-state index contributed by atoms with van der Waals surface area (Å²) in [7, 11) is -3.66. The van der Waals surface area contributed by atoms with Crippen LogP contribution in [0.2, 0.25) is 5.02 Å². The van der Waals surface area contributed by atoms with Crippen LogP contribution < -0.4 is 5.32 Å². The number of carbonyl (C=O) groups excluding carboxylic acids is 1. The van der Waals surface area contributed by atoms with Gasteiger partial charge in [0.1, 0.15) is 5.02 Å². The van der Waals surface area contributed by atoms with Gasteiger partial charge in [0.15, 0.2) is 5.78 Å². The van der Waals surface area contributed by atoms with E-state index < -0.39 is 14.9 Å². The van der Waals surface area contributed by atoms with Gasteiger partial charge in [0.2, 0.25) is 10.0 Å². The van der Waals surface area contributed by atoms with Crippen LogP contribution in [0.25, 0.3) is 0 Å². The Morgan fingerprint density at radius 2 is 1.93 bits per heavy atom. The number of hydrogen-bond acceptors (Lipinski definition) is 6. The molecule has 0 saturated carbocycles. The van der Waals surface area contributed by atoms with E-state index in [9.17, 15) is 23.3 Å². The molecule has 1 saturated heterocycles. The van der Waals surface area contributed by atoms with Crippen LogP contribution in [-0.4, -0.2) is 43.1 Å². The SMILES string of the molecule is CC1CCN(S(=O)(=O)c2cccc(C(=O)CNc3ccc(Cl)c([N+](=O)[O-])c3)c2)CC1. The van der Waals surface area contributed by atoms with Crippen molar-refractivity contribution >= 4 is 38.8 Å². The highest BCUT2D eigenvalue weighted by Crippen LogP contribution is 2.27. The molecule has 1 aliphatic heterocycles. The number of piperidine rings is 1. The Bertz CT molecular complexity index is 1070. The third-order valence-corrected chi connectivity index (χ3v) is 7.35. The number of hydrogen-bond donors (Lipinski definition) is 1. The lowest BCUT2D eigenvalue weighted by Gasteiger charge is -2.29. The Labute approximate surface area is 180 Å². The zero-order valence-electron chi connectivity index (χ0n) is 16.4. The van der Waals surface area contributed by atoms with E-state index in [0.29, 0.717) is 24.7 Å². The lowest BCUT2D eigenvalue weighted by molar-refractivity contribution is -0.384. The number of ketones is 1. The minimum Gasteiger partial charge on any atom is -0.377 e. The molecule has 0 aromatic heterocycles. The molecule has 10 heteroatoms. The maximum atomic E-state index is 12.9. The molecule has 2 aromatic rings. The van der Waals surface area contributed by atoms with Gasteiger partial charge in [-0.25, -0.2) is 8.42 Å². The van der Waals surface area contributed by atoms with Crippen LogP contribution in [0.3, 0.4) is 0 Å². The van der Waals surface area contributed by atoms with Crippen LogP contribution in [0.4, 0.5) is 11.4 Å². The van der Waals surface area contributed by atoms with Crippen molar-refractivity contribution in [1.82, 2.24) is 4.31 Å². The highest BCUT2D eigenvalue weighted by molar-refractivity contribution is 7.89. The molecule has 2 aromatic carbocycles. The Kier molecular flexibility index (Phi) is 6.74. The molecule has 0 bridgehead atoms. The highest BCUT2D eigenvalue weighted by Gasteiger charge is 2.28. The Balaban J connectivity index is 1.72. The first-order valence-corrected chi connectivity index (χ1v) is 11.3. The van der Waals surface area contributed by atoms with Crippen molar-refractivity contribution in [2.24, 2.45) is 5.92 Å². The van der Waals surface area contributed by atoms with Crippen molar-refractivity contribution in [2.75, 3.05) is 25.0 Å². The van der Waals surface area contributed by atoms with Crippen LogP contribution in [-0.2, 0) is 10.0 Å². The standard InChI is InChI=1S/C20H22ClN3O5S/c1-14-7-9-23(10-8-14)30(28,29)17-4-2-3-15(11-17)20(25)13-22-16-5-6-18(21)19(12-16)24(26)27/h2-6,11-12,14,22H,7-10,13H2,1H3. The Morgan fingerprint density at radius 1 is 1.23 bits per heavy atom. The third-order valence-electron chi connectivity index (χ3n) is 5.13. The van der Waals surface area contributed by atoms with E-state index >= 15 is 0 Å². The number of nitro benzene ring substituents is 1. The van der Waals surface area contributed by atoms with Gasteiger partial charge in [-0.15, -0.1) is 0 Å². The normalized spacial score (nSPS) is 15.7. The number of sulfonamides is 1. The summed E-state index contributed by atoms with van der Waals surface area (Å²) in [6.07, 6.45) is 1.63. The van der Waals surface area contributed by atoms with Crippen LogP contribution in [0, 0.1) is 16.0 Å². The van der Waals surface area contributed by atoms with E-state index in [1.807, 2.05) is 0 Å². The van der Waals surface area contributed by atoms with Gasteiger partial charge in [-0.2, -0.15) is 4.31 Å². The third kappa shape index (κ3) is 4.97. The molecule has 0 atom stereocenters. The fourth-order valence-electron chi connectivity index (χ4n) is 3.25. The molecule has 3 rings (SSSR count). The minimum absolute atomic E-state index is 0.00175. The lowest BCUT2D eigenvalue weighted by Crippen LogP contribution is -2.37. The van der Waals surface area contributed by atoms with Gasteiger partial charge in [-0.3, -0.25) is 14.9 Å². The number of rotatable bonds is 7. The second kappa shape index (κ2) is 9.11. The van der Waals surface area contributed by atoms with E-state index in [1.54, 1.807) is 12.1 Å². The first-order valence-electron chi connectivity index (χ1n) is 9.49. The largest absolute Gasteiger partial charge is 0.377 e. The zero-order valence-corrected chi connectivity index (χ0v) is 17.9. The van der Waals surface area contributed by atoms with Crippen LogP contribution >= 0.6 is 11.6 Å². The fourth-order valence-corrected chi connectivity index (χ4v) is 4.95. The maximum Gasteiger partial charge on any atom is 0.289 e. The lowest BCUT2D eigenvalue weighted by atomic mass is 10.0.